The van der Waals surface area contributed by atoms with Crippen LogP contribution >= 0.6 is 0 Å². The number of alkyl halides is 3. The van der Waals surface area contributed by atoms with Crippen LogP contribution in [0.5, 0.6) is 0 Å². The molecule has 0 bridgehead atoms. The molecule has 1 aliphatic rings. The van der Waals surface area contributed by atoms with Crippen molar-refractivity contribution < 1.29 is 13.2 Å². The molecule has 1 N–H and O–H groups in total. The van der Waals surface area contributed by atoms with E-state index in [0.29, 0.717) is 12.5 Å². The normalized spacial score (nSPS) is 22.3. The number of aromatic nitrogens is 2. The topological polar surface area (TPSA) is 29.9 Å². The first-order valence-electron chi connectivity index (χ1n) is 5.37. The van der Waals surface area contributed by atoms with Gasteiger partial charge in [-0.05, 0) is 37.9 Å². The fourth-order valence-electron chi connectivity index (χ4n) is 1.96. The number of halogens is 3. The molecule has 1 saturated heterocycles. The van der Waals surface area contributed by atoms with Gasteiger partial charge in [-0.25, -0.2) is 0 Å². The van der Waals surface area contributed by atoms with E-state index in [9.17, 15) is 13.2 Å². The predicted molar refractivity (Wildman–Crippen MR) is 52.8 cm³/mol. The smallest absolute Gasteiger partial charge is 0.316 e. The van der Waals surface area contributed by atoms with E-state index in [1.807, 2.05) is 0 Å². The average Bonchev–Trinajstić information content (AvgIpc) is 2.67. The fraction of sp³-hybridized carbons (Fsp3) is 0.700. The van der Waals surface area contributed by atoms with Gasteiger partial charge in [0.25, 0.3) is 0 Å². The van der Waals surface area contributed by atoms with Crippen molar-refractivity contribution in [2.45, 2.75) is 25.6 Å². The lowest BCUT2D eigenvalue weighted by Crippen LogP contribution is -2.32. The van der Waals surface area contributed by atoms with Gasteiger partial charge >= 0.3 is 6.18 Å². The molecule has 6 heteroatoms. The standard InChI is InChI=1S/C10H14F3N3/c11-10(12,13)9-3-5-16(15-9)7-8-2-1-4-14-6-8/h3,5,8,14H,1-2,4,6-7H2/t8-/m1/s1. The summed E-state index contributed by atoms with van der Waals surface area (Å²) >= 11 is 0. The first kappa shape index (κ1) is 11.4. The summed E-state index contributed by atoms with van der Waals surface area (Å²) in [5.41, 5.74) is -0.809. The molecule has 1 aromatic heterocycles. The fourth-order valence-corrected chi connectivity index (χ4v) is 1.96. The zero-order valence-electron chi connectivity index (χ0n) is 8.80. The van der Waals surface area contributed by atoms with Gasteiger partial charge in [0.2, 0.25) is 0 Å². The van der Waals surface area contributed by atoms with Crippen molar-refractivity contribution in [3.8, 4) is 0 Å². The molecule has 0 radical (unpaired) electrons. The summed E-state index contributed by atoms with van der Waals surface area (Å²) in [5.74, 6) is 0.384. The third-order valence-electron chi connectivity index (χ3n) is 2.78. The Morgan fingerprint density at radius 2 is 2.31 bits per heavy atom. The molecule has 0 aromatic carbocycles. The SMILES string of the molecule is FC(F)(F)c1ccn(C[C@@H]2CCCNC2)n1. The zero-order chi connectivity index (χ0) is 11.6. The van der Waals surface area contributed by atoms with Gasteiger partial charge in [-0.1, -0.05) is 0 Å². The molecule has 2 heterocycles. The minimum absolute atomic E-state index is 0.384. The number of nitrogens with one attached hydrogen (secondary N) is 1. The Hall–Kier alpha value is -1.04. The first-order chi connectivity index (χ1) is 7.55. The molecular formula is C10H14F3N3. The molecule has 0 saturated carbocycles. The van der Waals surface area contributed by atoms with Gasteiger partial charge in [0, 0.05) is 12.7 Å². The molecule has 90 valence electrons. The maximum absolute atomic E-state index is 12.3. The van der Waals surface area contributed by atoms with Gasteiger partial charge < -0.3 is 5.32 Å². The number of hydrogen-bond donors (Lipinski definition) is 1. The Morgan fingerprint density at radius 1 is 1.50 bits per heavy atom. The lowest BCUT2D eigenvalue weighted by Gasteiger charge is -2.22. The number of hydrogen-bond acceptors (Lipinski definition) is 2. The molecule has 1 aromatic rings. The monoisotopic (exact) mass is 233 g/mol. The van der Waals surface area contributed by atoms with Crippen LogP contribution in [0, 0.1) is 5.92 Å². The summed E-state index contributed by atoms with van der Waals surface area (Å²) in [4.78, 5) is 0. The maximum Gasteiger partial charge on any atom is 0.435 e. The molecule has 1 aliphatic heterocycles. The van der Waals surface area contributed by atoms with E-state index in [0.717, 1.165) is 32.0 Å². The minimum atomic E-state index is -4.34. The van der Waals surface area contributed by atoms with Gasteiger partial charge in [0.15, 0.2) is 5.69 Å². The number of piperidine rings is 1. The van der Waals surface area contributed by atoms with E-state index >= 15 is 0 Å². The molecule has 2 rings (SSSR count). The number of rotatable bonds is 2. The molecular weight excluding hydrogens is 219 g/mol. The van der Waals surface area contributed by atoms with Crippen LogP contribution in [0.25, 0.3) is 0 Å². The van der Waals surface area contributed by atoms with Crippen LogP contribution in [0.2, 0.25) is 0 Å². The van der Waals surface area contributed by atoms with E-state index in [1.54, 1.807) is 0 Å². The summed E-state index contributed by atoms with van der Waals surface area (Å²) in [6.07, 6.45) is -0.806. The van der Waals surface area contributed by atoms with E-state index < -0.39 is 11.9 Å². The van der Waals surface area contributed by atoms with Crippen LogP contribution in [0.1, 0.15) is 18.5 Å². The van der Waals surface area contributed by atoms with E-state index in [1.165, 1.54) is 10.9 Å². The van der Waals surface area contributed by atoms with Crippen LogP contribution < -0.4 is 5.32 Å². The first-order valence-corrected chi connectivity index (χ1v) is 5.37. The molecule has 3 nitrogen and oxygen atoms in total. The lowest BCUT2D eigenvalue weighted by atomic mass is 10.00. The highest BCUT2D eigenvalue weighted by molar-refractivity contribution is 5.03. The Balaban J connectivity index is 1.97. The Labute approximate surface area is 91.6 Å². The number of nitrogens with zero attached hydrogens (tertiary/aromatic N) is 2. The van der Waals surface area contributed by atoms with Crippen molar-refractivity contribution in [1.82, 2.24) is 15.1 Å². The second-order valence-corrected chi connectivity index (χ2v) is 4.13. The molecule has 16 heavy (non-hydrogen) atoms. The van der Waals surface area contributed by atoms with Crippen molar-refractivity contribution >= 4 is 0 Å². The summed E-state index contributed by atoms with van der Waals surface area (Å²) < 4.78 is 38.3. The molecule has 1 fully saturated rings. The Kier molecular flexibility index (Phi) is 3.18. The van der Waals surface area contributed by atoms with E-state index in [4.69, 9.17) is 0 Å². The predicted octanol–water partition coefficient (Wildman–Crippen LogP) is 1.90. The Morgan fingerprint density at radius 3 is 2.88 bits per heavy atom. The van der Waals surface area contributed by atoms with Gasteiger partial charge in [-0.3, -0.25) is 4.68 Å². The van der Waals surface area contributed by atoms with Crippen molar-refractivity contribution in [1.29, 1.82) is 0 Å². The van der Waals surface area contributed by atoms with Crippen LogP contribution in [-0.4, -0.2) is 22.9 Å². The zero-order valence-corrected chi connectivity index (χ0v) is 8.80. The molecule has 1 atom stereocenters. The van der Waals surface area contributed by atoms with Gasteiger partial charge in [0.05, 0.1) is 0 Å². The summed E-state index contributed by atoms with van der Waals surface area (Å²) in [7, 11) is 0. The maximum atomic E-state index is 12.3. The minimum Gasteiger partial charge on any atom is -0.316 e. The highest BCUT2D eigenvalue weighted by Crippen LogP contribution is 2.27. The second kappa shape index (κ2) is 4.45. The molecule has 0 amide bonds. The van der Waals surface area contributed by atoms with Crippen LogP contribution in [0.15, 0.2) is 12.3 Å². The van der Waals surface area contributed by atoms with Gasteiger partial charge in [-0.2, -0.15) is 18.3 Å². The molecule has 0 unspecified atom stereocenters. The van der Waals surface area contributed by atoms with Crippen LogP contribution in [-0.2, 0) is 12.7 Å². The van der Waals surface area contributed by atoms with Gasteiger partial charge in [-0.15, -0.1) is 0 Å². The summed E-state index contributed by atoms with van der Waals surface area (Å²) in [6.45, 7) is 2.42. The van der Waals surface area contributed by atoms with Crippen molar-refractivity contribution in [3.05, 3.63) is 18.0 Å². The van der Waals surface area contributed by atoms with Gasteiger partial charge in [0.1, 0.15) is 0 Å². The van der Waals surface area contributed by atoms with E-state index in [-0.39, 0.29) is 0 Å². The van der Waals surface area contributed by atoms with Crippen molar-refractivity contribution in [2.24, 2.45) is 5.92 Å². The Bertz CT molecular complexity index is 339. The van der Waals surface area contributed by atoms with Crippen LogP contribution in [0.4, 0.5) is 13.2 Å². The summed E-state index contributed by atoms with van der Waals surface area (Å²) in [5, 5.41) is 6.77. The van der Waals surface area contributed by atoms with Crippen LogP contribution in [0.3, 0.4) is 0 Å². The van der Waals surface area contributed by atoms with Crippen molar-refractivity contribution in [3.63, 3.8) is 0 Å². The van der Waals surface area contributed by atoms with E-state index in [2.05, 4.69) is 10.4 Å². The quantitative estimate of drug-likeness (QED) is 0.845. The average molecular weight is 233 g/mol. The molecule has 0 aliphatic carbocycles. The van der Waals surface area contributed by atoms with Crippen molar-refractivity contribution in [2.75, 3.05) is 13.1 Å². The lowest BCUT2D eigenvalue weighted by molar-refractivity contribution is -0.141. The highest BCUT2D eigenvalue weighted by Gasteiger charge is 2.33. The summed E-state index contributed by atoms with van der Waals surface area (Å²) in [6, 6.07) is 1.02. The third-order valence-corrected chi connectivity index (χ3v) is 2.78. The molecule has 0 spiro atoms. The second-order valence-electron chi connectivity index (χ2n) is 4.13. The highest BCUT2D eigenvalue weighted by atomic mass is 19.4. The third kappa shape index (κ3) is 2.75. The largest absolute Gasteiger partial charge is 0.435 e.